The van der Waals surface area contributed by atoms with E-state index in [1.807, 2.05) is 20.8 Å². The van der Waals surface area contributed by atoms with Gasteiger partial charge in [0, 0.05) is 50.2 Å². The van der Waals surface area contributed by atoms with Gasteiger partial charge in [-0.25, -0.2) is 13.2 Å². The van der Waals surface area contributed by atoms with Gasteiger partial charge >= 0.3 is 6.09 Å². The molecule has 0 atom stereocenters. The van der Waals surface area contributed by atoms with Crippen LogP contribution in [0.15, 0.2) is 29.2 Å². The van der Waals surface area contributed by atoms with E-state index in [9.17, 15) is 18.0 Å². The summed E-state index contributed by atoms with van der Waals surface area (Å²) in [6.07, 6.45) is 0.822. The van der Waals surface area contributed by atoms with Crippen LogP contribution < -0.4 is 0 Å². The van der Waals surface area contributed by atoms with Crippen molar-refractivity contribution in [2.45, 2.75) is 44.1 Å². The maximum Gasteiger partial charge on any atom is 0.410 e. The fraction of sp³-hybridized carbons (Fsp3) is 0.619. The third-order valence-corrected chi connectivity index (χ3v) is 7.66. The average Bonchev–Trinajstić information content (AvgIpc) is 2.72. The summed E-state index contributed by atoms with van der Waals surface area (Å²) in [6, 6.07) is 6.09. The van der Waals surface area contributed by atoms with Crippen molar-refractivity contribution in [2.75, 3.05) is 39.3 Å². The van der Waals surface area contributed by atoms with Gasteiger partial charge in [0.05, 0.1) is 4.90 Å². The SMILES string of the molecule is CC(C)(C)OC(=O)N1CCC(C(=O)N2CCN(S(=O)(=O)c3ccc(Cl)cc3)CC2)CC1. The summed E-state index contributed by atoms with van der Waals surface area (Å²) in [5, 5.41) is 0.479. The number of ether oxygens (including phenoxy) is 1. The van der Waals surface area contributed by atoms with E-state index in [-0.39, 0.29) is 35.9 Å². The number of benzene rings is 1. The van der Waals surface area contributed by atoms with Crippen molar-refractivity contribution in [3.05, 3.63) is 29.3 Å². The van der Waals surface area contributed by atoms with Crippen LogP contribution in [0.25, 0.3) is 0 Å². The number of piperidine rings is 1. The van der Waals surface area contributed by atoms with Gasteiger partial charge < -0.3 is 14.5 Å². The second kappa shape index (κ2) is 9.34. The zero-order valence-corrected chi connectivity index (χ0v) is 19.8. The average molecular weight is 472 g/mol. The van der Waals surface area contributed by atoms with Crippen LogP contribution in [-0.4, -0.2) is 79.4 Å². The van der Waals surface area contributed by atoms with Crippen LogP contribution in [-0.2, 0) is 19.6 Å². The second-order valence-electron chi connectivity index (χ2n) is 8.92. The number of nitrogens with zero attached hydrogens (tertiary/aromatic N) is 3. The fourth-order valence-electron chi connectivity index (χ4n) is 3.80. The summed E-state index contributed by atoms with van der Waals surface area (Å²) in [6.45, 7) is 7.68. The lowest BCUT2D eigenvalue weighted by Crippen LogP contribution is -2.53. The van der Waals surface area contributed by atoms with E-state index < -0.39 is 15.6 Å². The molecule has 0 unspecified atom stereocenters. The summed E-state index contributed by atoms with van der Waals surface area (Å²) in [4.78, 5) is 28.7. The van der Waals surface area contributed by atoms with Crippen molar-refractivity contribution >= 4 is 33.6 Å². The van der Waals surface area contributed by atoms with E-state index in [2.05, 4.69) is 0 Å². The fourth-order valence-corrected chi connectivity index (χ4v) is 5.35. The van der Waals surface area contributed by atoms with Crippen molar-refractivity contribution in [2.24, 2.45) is 5.92 Å². The Morgan fingerprint density at radius 2 is 1.48 bits per heavy atom. The Morgan fingerprint density at radius 3 is 2.00 bits per heavy atom. The highest BCUT2D eigenvalue weighted by Crippen LogP contribution is 2.24. The van der Waals surface area contributed by atoms with Gasteiger partial charge in [0.1, 0.15) is 5.60 Å². The summed E-state index contributed by atoms with van der Waals surface area (Å²) >= 11 is 5.85. The normalized spacial score (nSPS) is 19.4. The molecule has 31 heavy (non-hydrogen) atoms. The van der Waals surface area contributed by atoms with Gasteiger partial charge in [-0.3, -0.25) is 4.79 Å². The van der Waals surface area contributed by atoms with Gasteiger partial charge in [0.15, 0.2) is 0 Å². The van der Waals surface area contributed by atoms with Crippen LogP contribution in [0.2, 0.25) is 5.02 Å². The molecule has 8 nitrogen and oxygen atoms in total. The molecule has 0 aliphatic carbocycles. The number of halogens is 1. The molecule has 2 saturated heterocycles. The Bertz CT molecular complexity index is 898. The van der Waals surface area contributed by atoms with E-state index in [0.717, 1.165) is 0 Å². The molecule has 0 spiro atoms. The zero-order chi connectivity index (χ0) is 22.8. The molecule has 2 heterocycles. The third-order valence-electron chi connectivity index (χ3n) is 5.50. The molecular weight excluding hydrogens is 442 g/mol. The second-order valence-corrected chi connectivity index (χ2v) is 11.3. The lowest BCUT2D eigenvalue weighted by atomic mass is 9.95. The molecular formula is C21H30ClN3O5S. The molecule has 3 rings (SSSR count). The number of piperazine rings is 1. The highest BCUT2D eigenvalue weighted by Gasteiger charge is 2.35. The summed E-state index contributed by atoms with van der Waals surface area (Å²) < 4.78 is 32.4. The first kappa shape index (κ1) is 23.8. The highest BCUT2D eigenvalue weighted by atomic mass is 35.5. The van der Waals surface area contributed by atoms with Crippen LogP contribution in [0.3, 0.4) is 0 Å². The lowest BCUT2D eigenvalue weighted by Gasteiger charge is -2.38. The van der Waals surface area contributed by atoms with E-state index in [1.54, 1.807) is 21.9 Å². The number of amides is 2. The molecule has 0 N–H and O–H groups in total. The van der Waals surface area contributed by atoms with E-state index in [4.69, 9.17) is 16.3 Å². The van der Waals surface area contributed by atoms with Crippen LogP contribution in [0.4, 0.5) is 4.79 Å². The largest absolute Gasteiger partial charge is 0.444 e. The van der Waals surface area contributed by atoms with Crippen molar-refractivity contribution in [3.8, 4) is 0 Å². The first-order valence-electron chi connectivity index (χ1n) is 10.5. The number of carbonyl (C=O) groups is 2. The lowest BCUT2D eigenvalue weighted by molar-refractivity contribution is -0.138. The monoisotopic (exact) mass is 471 g/mol. The maximum atomic E-state index is 12.9. The Morgan fingerprint density at radius 1 is 0.935 bits per heavy atom. The molecule has 1 aromatic rings. The molecule has 0 bridgehead atoms. The molecule has 2 aliphatic rings. The number of hydrogen-bond acceptors (Lipinski definition) is 5. The number of hydrogen-bond donors (Lipinski definition) is 0. The number of rotatable bonds is 3. The molecule has 10 heteroatoms. The van der Waals surface area contributed by atoms with Gasteiger partial charge in [-0.05, 0) is 57.9 Å². The summed E-state index contributed by atoms with van der Waals surface area (Å²) in [5.41, 5.74) is -0.546. The van der Waals surface area contributed by atoms with Gasteiger partial charge in [-0.1, -0.05) is 11.6 Å². The van der Waals surface area contributed by atoms with Crippen molar-refractivity contribution < 1.29 is 22.7 Å². The molecule has 1 aromatic carbocycles. The van der Waals surface area contributed by atoms with E-state index >= 15 is 0 Å². The quantitative estimate of drug-likeness (QED) is 0.676. The number of likely N-dealkylation sites (tertiary alicyclic amines) is 1. The van der Waals surface area contributed by atoms with Crippen LogP contribution in [0.1, 0.15) is 33.6 Å². The van der Waals surface area contributed by atoms with E-state index in [1.165, 1.54) is 16.4 Å². The van der Waals surface area contributed by atoms with Crippen molar-refractivity contribution in [1.29, 1.82) is 0 Å². The van der Waals surface area contributed by atoms with E-state index in [0.29, 0.717) is 44.0 Å². The van der Waals surface area contributed by atoms with Crippen LogP contribution in [0.5, 0.6) is 0 Å². The number of carbonyl (C=O) groups excluding carboxylic acids is 2. The zero-order valence-electron chi connectivity index (χ0n) is 18.2. The standard InChI is InChI=1S/C21H30ClN3O5S/c1-21(2,3)30-20(27)24-10-8-16(9-11-24)19(26)23-12-14-25(15-13-23)31(28,29)18-6-4-17(22)5-7-18/h4-7,16H,8-15H2,1-3H3. The van der Waals surface area contributed by atoms with Crippen molar-refractivity contribution in [3.63, 3.8) is 0 Å². The summed E-state index contributed by atoms with van der Waals surface area (Å²) in [7, 11) is -3.61. The summed E-state index contributed by atoms with van der Waals surface area (Å²) in [5.74, 6) is -0.120. The Hall–Kier alpha value is -1.84. The predicted octanol–water partition coefficient (Wildman–Crippen LogP) is 2.82. The highest BCUT2D eigenvalue weighted by molar-refractivity contribution is 7.89. The molecule has 2 fully saturated rings. The van der Waals surface area contributed by atoms with Gasteiger partial charge in [-0.15, -0.1) is 0 Å². The van der Waals surface area contributed by atoms with Crippen LogP contribution >= 0.6 is 11.6 Å². The first-order valence-corrected chi connectivity index (χ1v) is 12.3. The van der Waals surface area contributed by atoms with Gasteiger partial charge in [-0.2, -0.15) is 4.31 Å². The minimum atomic E-state index is -3.61. The topological polar surface area (TPSA) is 87.2 Å². The predicted molar refractivity (Wildman–Crippen MR) is 117 cm³/mol. The van der Waals surface area contributed by atoms with Gasteiger partial charge in [0.2, 0.25) is 15.9 Å². The maximum absolute atomic E-state index is 12.9. The molecule has 172 valence electrons. The minimum absolute atomic E-state index is 0.0346. The molecule has 2 amide bonds. The Kier molecular flexibility index (Phi) is 7.18. The Balaban J connectivity index is 1.51. The van der Waals surface area contributed by atoms with Gasteiger partial charge in [0.25, 0.3) is 0 Å². The molecule has 0 radical (unpaired) electrons. The number of sulfonamides is 1. The van der Waals surface area contributed by atoms with Crippen LogP contribution in [0, 0.1) is 5.92 Å². The Labute approximate surface area is 189 Å². The minimum Gasteiger partial charge on any atom is -0.444 e. The van der Waals surface area contributed by atoms with Crippen molar-refractivity contribution in [1.82, 2.24) is 14.1 Å². The first-order chi connectivity index (χ1) is 14.5. The third kappa shape index (κ3) is 5.90. The molecule has 0 aromatic heterocycles. The molecule has 2 aliphatic heterocycles. The molecule has 0 saturated carbocycles. The smallest absolute Gasteiger partial charge is 0.410 e.